The van der Waals surface area contributed by atoms with Crippen LogP contribution in [0.4, 0.5) is 0 Å². The predicted octanol–water partition coefficient (Wildman–Crippen LogP) is -0.326. The Morgan fingerprint density at radius 3 is 2.00 bits per heavy atom. The zero-order chi connectivity index (χ0) is 10.0. The van der Waals surface area contributed by atoms with Crippen LogP contribution in [0.15, 0.2) is 12.1 Å². The molecule has 0 bridgehead atoms. The number of carbonyl (C=O) groups excluding carboxylic acids is 1. The zero-order valence-corrected chi connectivity index (χ0v) is 13.0. The number of aromatic hydroxyl groups is 3. The first-order valence-electron chi connectivity index (χ1n) is 3.39. The van der Waals surface area contributed by atoms with Gasteiger partial charge in [-0.15, -0.1) is 0 Å². The number of ether oxygens (including phenoxy) is 1. The average Bonchev–Trinajstić information content (AvgIpc) is 2.12. The van der Waals surface area contributed by atoms with E-state index in [0.717, 1.165) is 12.1 Å². The Morgan fingerprint density at radius 1 is 1.21 bits per heavy atom. The van der Waals surface area contributed by atoms with Gasteiger partial charge in [0.1, 0.15) is 0 Å². The third-order valence-electron chi connectivity index (χ3n) is 1.49. The molecule has 0 aromatic heterocycles. The van der Waals surface area contributed by atoms with Gasteiger partial charge in [0.05, 0.1) is 12.7 Å². The molecule has 0 fully saturated rings. The second-order valence-corrected chi connectivity index (χ2v) is 2.35. The van der Waals surface area contributed by atoms with Gasteiger partial charge in [0.2, 0.25) is 0 Å². The molecule has 2 radical (unpaired) electrons. The molecule has 14 heavy (non-hydrogen) atoms. The van der Waals surface area contributed by atoms with Crippen LogP contribution in [0.1, 0.15) is 10.4 Å². The van der Waals surface area contributed by atoms with Crippen LogP contribution in [0.2, 0.25) is 0 Å². The maximum atomic E-state index is 10.9. The fraction of sp³-hybridized carbons (Fsp3) is 0.125. The third-order valence-corrected chi connectivity index (χ3v) is 1.49. The summed E-state index contributed by atoms with van der Waals surface area (Å²) >= 11 is 0. The maximum absolute atomic E-state index is 10.9. The molecule has 3 N–H and O–H groups in total. The molecule has 0 amide bonds. The van der Waals surface area contributed by atoms with Gasteiger partial charge in [-0.2, -0.15) is 0 Å². The topological polar surface area (TPSA) is 87.0 Å². The first-order valence-corrected chi connectivity index (χ1v) is 3.39. The molecular formula is C8H10O5Pb. The Balaban J connectivity index is 0.00000169. The zero-order valence-electron chi connectivity index (χ0n) is 7.52. The summed E-state index contributed by atoms with van der Waals surface area (Å²) in [4.78, 5) is 10.9. The van der Waals surface area contributed by atoms with Crippen molar-refractivity contribution >= 4 is 33.3 Å². The van der Waals surface area contributed by atoms with Crippen LogP contribution < -0.4 is 0 Å². The van der Waals surface area contributed by atoms with E-state index in [1.807, 2.05) is 0 Å². The molecule has 0 atom stereocenters. The van der Waals surface area contributed by atoms with Crippen molar-refractivity contribution in [1.29, 1.82) is 0 Å². The van der Waals surface area contributed by atoms with Crippen LogP contribution in [-0.4, -0.2) is 55.7 Å². The van der Waals surface area contributed by atoms with E-state index in [0.29, 0.717) is 0 Å². The Bertz CT molecular complexity index is 327. The summed E-state index contributed by atoms with van der Waals surface area (Å²) in [6.45, 7) is 0. The molecule has 0 saturated heterocycles. The molecule has 5 nitrogen and oxygen atoms in total. The summed E-state index contributed by atoms with van der Waals surface area (Å²) in [5.41, 5.74) is -0.0321. The third kappa shape index (κ3) is 2.50. The molecular weight excluding hydrogens is 383 g/mol. The summed E-state index contributed by atoms with van der Waals surface area (Å²) in [6, 6.07) is 2.00. The number of rotatable bonds is 1. The van der Waals surface area contributed by atoms with Crippen molar-refractivity contribution in [2.75, 3.05) is 7.11 Å². The second kappa shape index (κ2) is 5.03. The number of methoxy groups -OCH3 is 1. The molecule has 0 saturated carbocycles. The molecule has 0 aliphatic rings. The molecule has 1 aromatic carbocycles. The minimum absolute atomic E-state index is 0. The van der Waals surface area contributed by atoms with E-state index >= 15 is 0 Å². The average molecular weight is 393 g/mol. The monoisotopic (exact) mass is 394 g/mol. The van der Waals surface area contributed by atoms with Gasteiger partial charge >= 0.3 is 33.3 Å². The van der Waals surface area contributed by atoms with Gasteiger partial charge in [0, 0.05) is 0 Å². The number of benzene rings is 1. The number of carbonyl (C=O) groups is 1. The number of esters is 1. The van der Waals surface area contributed by atoms with Gasteiger partial charge in [-0.05, 0) is 12.1 Å². The molecule has 1 rings (SSSR count). The summed E-state index contributed by atoms with van der Waals surface area (Å²) in [6.07, 6.45) is 0. The molecule has 0 heterocycles. The number of phenolic OH excluding ortho intramolecular Hbond substituents is 3. The molecule has 76 valence electrons. The first kappa shape index (κ1) is 13.0. The van der Waals surface area contributed by atoms with E-state index in [4.69, 9.17) is 15.3 Å². The van der Waals surface area contributed by atoms with Crippen molar-refractivity contribution in [3.63, 3.8) is 0 Å². The van der Waals surface area contributed by atoms with Crippen LogP contribution in [0.25, 0.3) is 0 Å². The SMILES string of the molecule is COC(=O)c1cc(O)c(O)c(O)c1.[PbH2]. The summed E-state index contributed by atoms with van der Waals surface area (Å²) in [5, 5.41) is 26.9. The van der Waals surface area contributed by atoms with Crippen molar-refractivity contribution in [3.8, 4) is 17.2 Å². The van der Waals surface area contributed by atoms with Gasteiger partial charge in [-0.1, -0.05) is 0 Å². The predicted molar refractivity (Wildman–Crippen MR) is 51.3 cm³/mol. The number of phenols is 3. The van der Waals surface area contributed by atoms with Crippen molar-refractivity contribution in [2.24, 2.45) is 0 Å². The van der Waals surface area contributed by atoms with E-state index in [1.54, 1.807) is 0 Å². The summed E-state index contributed by atoms with van der Waals surface area (Å²) in [5.74, 6) is -2.50. The normalized spacial score (nSPS) is 8.93. The molecule has 0 unspecified atom stereocenters. The van der Waals surface area contributed by atoms with Crippen LogP contribution in [-0.2, 0) is 4.74 Å². The van der Waals surface area contributed by atoms with Gasteiger partial charge < -0.3 is 20.1 Å². The van der Waals surface area contributed by atoms with E-state index in [2.05, 4.69) is 4.74 Å². The fourth-order valence-corrected chi connectivity index (χ4v) is 0.840. The Labute approximate surface area is 100 Å². The summed E-state index contributed by atoms with van der Waals surface area (Å²) < 4.78 is 4.34. The molecule has 6 heteroatoms. The van der Waals surface area contributed by atoms with E-state index < -0.39 is 23.2 Å². The van der Waals surface area contributed by atoms with Gasteiger partial charge in [-0.25, -0.2) is 4.79 Å². The van der Waals surface area contributed by atoms with Crippen molar-refractivity contribution < 1.29 is 24.9 Å². The van der Waals surface area contributed by atoms with Crippen LogP contribution in [0, 0.1) is 0 Å². The van der Waals surface area contributed by atoms with E-state index in [9.17, 15) is 4.79 Å². The van der Waals surface area contributed by atoms with Crippen LogP contribution >= 0.6 is 0 Å². The van der Waals surface area contributed by atoms with Gasteiger partial charge in [-0.3, -0.25) is 0 Å². The number of hydrogen-bond donors (Lipinski definition) is 3. The molecule has 0 aliphatic heterocycles. The van der Waals surface area contributed by atoms with E-state index in [-0.39, 0.29) is 32.9 Å². The molecule has 0 spiro atoms. The Kier molecular flexibility index (Phi) is 4.68. The standard InChI is InChI=1S/C8H8O5.Pb.2H/c1-13-8(12)4-2-5(9)7(11)6(10)3-4;;;/h2-3,9-11H,1H3;;;. The first-order chi connectivity index (χ1) is 6.06. The van der Waals surface area contributed by atoms with E-state index in [1.165, 1.54) is 7.11 Å². The summed E-state index contributed by atoms with van der Waals surface area (Å²) in [7, 11) is 1.17. The Hall–Kier alpha value is -0.988. The quantitative estimate of drug-likeness (QED) is 0.346. The van der Waals surface area contributed by atoms with Crippen molar-refractivity contribution in [3.05, 3.63) is 17.7 Å². The van der Waals surface area contributed by atoms with Crippen molar-refractivity contribution in [1.82, 2.24) is 0 Å². The number of hydrogen-bond acceptors (Lipinski definition) is 5. The fourth-order valence-electron chi connectivity index (χ4n) is 0.840. The van der Waals surface area contributed by atoms with Gasteiger partial charge in [0.15, 0.2) is 17.2 Å². The van der Waals surface area contributed by atoms with Crippen LogP contribution in [0.3, 0.4) is 0 Å². The van der Waals surface area contributed by atoms with Gasteiger partial charge in [0.25, 0.3) is 0 Å². The molecule has 0 aliphatic carbocycles. The molecule has 1 aromatic rings. The van der Waals surface area contributed by atoms with Crippen molar-refractivity contribution in [2.45, 2.75) is 0 Å². The minimum atomic E-state index is -0.703. The Morgan fingerprint density at radius 2 is 1.64 bits per heavy atom. The second-order valence-electron chi connectivity index (χ2n) is 2.35. The van der Waals surface area contributed by atoms with Crippen LogP contribution in [0.5, 0.6) is 17.2 Å².